The summed E-state index contributed by atoms with van der Waals surface area (Å²) in [7, 11) is -20.3. The lowest BCUT2D eigenvalue weighted by Crippen LogP contribution is -2.36. The first kappa shape index (κ1) is 28.8. The number of hydrogen-bond acceptors (Lipinski definition) is 10. The van der Waals surface area contributed by atoms with Crippen molar-refractivity contribution in [2.45, 2.75) is 41.5 Å². The Morgan fingerprint density at radius 2 is 0.690 bits per heavy atom. The molecule has 29 heavy (non-hydrogen) atoms. The fourth-order valence-electron chi connectivity index (χ4n) is 2.14. The molecule has 0 amide bonds. The first-order valence-corrected chi connectivity index (χ1v) is 14.5. The second-order valence-electron chi connectivity index (χ2n) is 5.30. The molecule has 0 radical (unpaired) electrons. The summed E-state index contributed by atoms with van der Waals surface area (Å²) in [6, 6.07) is 0. The van der Waals surface area contributed by atoms with E-state index in [1.54, 1.807) is 0 Å². The van der Waals surface area contributed by atoms with Crippen LogP contribution in [-0.4, -0.2) is 77.4 Å². The minimum Gasteiger partial charge on any atom is -0.224 e. The Balaban J connectivity index is 6.30. The summed E-state index contributed by atoms with van der Waals surface area (Å²) in [5.41, 5.74) is 0. The summed E-state index contributed by atoms with van der Waals surface area (Å²) in [4.78, 5) is 0. The van der Waals surface area contributed by atoms with Crippen LogP contribution >= 0.6 is 7.82 Å². The van der Waals surface area contributed by atoms with Gasteiger partial charge in [-0.25, -0.2) is 4.57 Å². The molecule has 0 bridgehead atoms. The van der Waals surface area contributed by atoms with E-state index in [1.165, 1.54) is 41.5 Å². The molecule has 0 atom stereocenters. The van der Waals surface area contributed by atoms with Crippen LogP contribution in [0.25, 0.3) is 0 Å². The fourth-order valence-corrected chi connectivity index (χ4v) is 8.91. The van der Waals surface area contributed by atoms with Crippen LogP contribution in [0.2, 0.25) is 0 Å². The summed E-state index contributed by atoms with van der Waals surface area (Å²) < 4.78 is 102. The van der Waals surface area contributed by atoms with Gasteiger partial charge in [-0.15, -0.1) is 0 Å². The minimum atomic E-state index is -5.71. The zero-order chi connectivity index (χ0) is 23.1. The van der Waals surface area contributed by atoms with E-state index < -0.39 is 38.7 Å². The third kappa shape index (κ3) is 8.12. The van der Waals surface area contributed by atoms with Crippen LogP contribution < -0.4 is 0 Å². The first-order chi connectivity index (χ1) is 13.2. The molecule has 0 saturated heterocycles. The third-order valence-electron chi connectivity index (χ3n) is 3.62. The topological polar surface area (TPSA) is 157 Å². The van der Waals surface area contributed by atoms with Crippen molar-refractivity contribution in [1.82, 2.24) is 12.9 Å². The van der Waals surface area contributed by atoms with E-state index in [-0.39, 0.29) is 39.3 Å². The molecule has 0 N–H and O–H groups in total. The molecule has 0 aliphatic carbocycles. The highest BCUT2D eigenvalue weighted by Crippen LogP contribution is 2.55. The molecule has 0 rings (SSSR count). The molecule has 0 saturated carbocycles. The molecule has 0 heterocycles. The Bertz CT molecular complexity index is 749. The Labute approximate surface area is 174 Å². The summed E-state index contributed by atoms with van der Waals surface area (Å²) >= 11 is 0. The SMILES string of the molecule is CCN(CC)S(=O)(=O)OP(=O)(OS(=O)(=O)N(CC)CC)OS(=O)(=O)N(CC)CC. The van der Waals surface area contributed by atoms with Crippen molar-refractivity contribution >= 4 is 38.7 Å². The molecule has 0 aliphatic rings. The fraction of sp³-hybridized carbons (Fsp3) is 1.00. The van der Waals surface area contributed by atoms with Gasteiger partial charge in [-0.2, -0.15) is 50.1 Å². The lowest BCUT2D eigenvalue weighted by atomic mass is 10.7. The lowest BCUT2D eigenvalue weighted by Gasteiger charge is -2.25. The maximum absolute atomic E-state index is 13.0. The van der Waals surface area contributed by atoms with E-state index >= 15 is 0 Å². The highest BCUT2D eigenvalue weighted by molar-refractivity contribution is 7.95. The molecule has 0 spiro atoms. The Morgan fingerprint density at radius 1 is 0.517 bits per heavy atom. The van der Waals surface area contributed by atoms with E-state index in [2.05, 4.69) is 11.9 Å². The first-order valence-electron chi connectivity index (χ1n) is 8.92. The summed E-state index contributed by atoms with van der Waals surface area (Å²) in [5.74, 6) is 0. The molecule has 17 heteroatoms. The number of rotatable bonds is 15. The maximum atomic E-state index is 13.0. The van der Waals surface area contributed by atoms with Gasteiger partial charge in [0.05, 0.1) is 0 Å². The molecular weight excluding hydrogens is 473 g/mol. The van der Waals surface area contributed by atoms with Crippen LogP contribution in [0.1, 0.15) is 41.5 Å². The van der Waals surface area contributed by atoms with Gasteiger partial charge < -0.3 is 0 Å². The van der Waals surface area contributed by atoms with Gasteiger partial charge in [-0.05, 0) is 0 Å². The van der Waals surface area contributed by atoms with Gasteiger partial charge in [0.1, 0.15) is 0 Å². The largest absolute Gasteiger partial charge is 0.522 e. The van der Waals surface area contributed by atoms with Crippen LogP contribution in [0.3, 0.4) is 0 Å². The van der Waals surface area contributed by atoms with Crippen molar-refractivity contribution in [3.63, 3.8) is 0 Å². The van der Waals surface area contributed by atoms with Crippen LogP contribution in [-0.2, 0) is 47.4 Å². The summed E-state index contributed by atoms with van der Waals surface area (Å²) in [6.45, 7) is 7.92. The highest BCUT2D eigenvalue weighted by atomic mass is 32.3. The van der Waals surface area contributed by atoms with E-state index in [9.17, 15) is 29.8 Å². The van der Waals surface area contributed by atoms with Crippen LogP contribution in [0.5, 0.6) is 0 Å². The maximum Gasteiger partial charge on any atom is 0.522 e. The molecule has 176 valence electrons. The van der Waals surface area contributed by atoms with Crippen molar-refractivity contribution in [1.29, 1.82) is 0 Å². The van der Waals surface area contributed by atoms with Gasteiger partial charge in [0, 0.05) is 39.3 Å². The van der Waals surface area contributed by atoms with Gasteiger partial charge in [-0.3, -0.25) is 0 Å². The zero-order valence-corrected chi connectivity index (χ0v) is 20.7. The average molecular weight is 504 g/mol. The molecule has 0 aromatic heterocycles. The van der Waals surface area contributed by atoms with Gasteiger partial charge in [0.25, 0.3) is 0 Å². The Hall–Kier alpha value is -0.160. The predicted octanol–water partition coefficient (Wildman–Crippen LogP) is 0.904. The quantitative estimate of drug-likeness (QED) is 0.294. The van der Waals surface area contributed by atoms with Crippen molar-refractivity contribution in [3.05, 3.63) is 0 Å². The van der Waals surface area contributed by atoms with Gasteiger partial charge in [0.15, 0.2) is 0 Å². The van der Waals surface area contributed by atoms with E-state index in [1.807, 2.05) is 0 Å². The van der Waals surface area contributed by atoms with E-state index in [4.69, 9.17) is 0 Å². The second kappa shape index (κ2) is 11.5. The summed E-state index contributed by atoms with van der Waals surface area (Å²) in [5, 5.41) is 0. The van der Waals surface area contributed by atoms with Crippen molar-refractivity contribution < 1.29 is 41.7 Å². The van der Waals surface area contributed by atoms with Crippen LogP contribution in [0, 0.1) is 0 Å². The molecule has 0 aromatic carbocycles. The molecule has 0 unspecified atom stereocenters. The van der Waals surface area contributed by atoms with Gasteiger partial charge >= 0.3 is 38.7 Å². The van der Waals surface area contributed by atoms with Crippen molar-refractivity contribution in [2.75, 3.05) is 39.3 Å². The summed E-state index contributed by atoms with van der Waals surface area (Å²) in [6.07, 6.45) is 0. The smallest absolute Gasteiger partial charge is 0.224 e. The average Bonchev–Trinajstić information content (AvgIpc) is 2.54. The van der Waals surface area contributed by atoms with Crippen LogP contribution in [0.4, 0.5) is 0 Å². The van der Waals surface area contributed by atoms with Gasteiger partial charge in [-0.1, -0.05) is 41.5 Å². The number of hydrogen-bond donors (Lipinski definition) is 0. The predicted molar refractivity (Wildman–Crippen MR) is 106 cm³/mol. The van der Waals surface area contributed by atoms with Crippen LogP contribution in [0.15, 0.2) is 0 Å². The van der Waals surface area contributed by atoms with E-state index in [0.717, 1.165) is 0 Å². The minimum absolute atomic E-state index is 0.121. The van der Waals surface area contributed by atoms with E-state index in [0.29, 0.717) is 12.9 Å². The van der Waals surface area contributed by atoms with Crippen molar-refractivity contribution in [2.24, 2.45) is 0 Å². The van der Waals surface area contributed by atoms with Gasteiger partial charge in [0.2, 0.25) is 0 Å². The zero-order valence-electron chi connectivity index (χ0n) is 17.3. The molecule has 13 nitrogen and oxygen atoms in total. The Morgan fingerprint density at radius 3 is 0.828 bits per heavy atom. The third-order valence-corrected chi connectivity index (χ3v) is 11.5. The highest BCUT2D eigenvalue weighted by Gasteiger charge is 2.47. The Kier molecular flexibility index (Phi) is 11.4. The molecular formula is C12H30N3O10PS3. The number of nitrogens with zero attached hydrogens (tertiary/aromatic N) is 3. The molecule has 0 aliphatic heterocycles. The second-order valence-corrected chi connectivity index (χ2v) is 12.1. The molecule has 0 aromatic rings. The van der Waals surface area contributed by atoms with Crippen molar-refractivity contribution in [3.8, 4) is 0 Å². The normalized spacial score (nSPS) is 14.2. The number of phosphoric acid groups is 1. The monoisotopic (exact) mass is 503 g/mol. The lowest BCUT2D eigenvalue weighted by molar-refractivity contribution is 0.262. The standard InChI is InChI=1S/C12H30N3O10PS3/c1-7-13(8-2)27(17,18)23-26(16,24-28(19,20)14(9-3)10-4)25-29(21,22)15(11-5)12-6/h7-12H2,1-6H3. The molecule has 0 fully saturated rings.